The molecule has 1 amide bonds. The van der Waals surface area contributed by atoms with E-state index >= 15 is 0 Å². The molecule has 7 heteroatoms. The number of hydrogen-bond acceptors (Lipinski definition) is 6. The van der Waals surface area contributed by atoms with Gasteiger partial charge in [0.1, 0.15) is 0 Å². The molecule has 0 aromatic carbocycles. The summed E-state index contributed by atoms with van der Waals surface area (Å²) in [7, 11) is 0. The summed E-state index contributed by atoms with van der Waals surface area (Å²) in [6.45, 7) is 17.9. The summed E-state index contributed by atoms with van der Waals surface area (Å²) < 4.78 is 0. The fourth-order valence-electron chi connectivity index (χ4n) is 10.8. The maximum Gasteiger partial charge on any atom is 0.220 e. The summed E-state index contributed by atoms with van der Waals surface area (Å²) in [5.74, 6) is 3.86. The number of aliphatic hydroxyl groups excluding tert-OH is 1. The lowest BCUT2D eigenvalue weighted by atomic mass is 9.43. The Morgan fingerprint density at radius 1 is 0.841 bits per heavy atom. The Hall–Kier alpha value is -0.730. The molecular weight excluding hydrogens is 546 g/mol. The van der Waals surface area contributed by atoms with Crippen molar-refractivity contribution in [3.8, 4) is 0 Å². The summed E-state index contributed by atoms with van der Waals surface area (Å²) in [6.07, 6.45) is 16.2. The molecule has 4 aliphatic carbocycles. The van der Waals surface area contributed by atoms with Crippen molar-refractivity contribution in [3.05, 3.63) is 0 Å². The predicted molar refractivity (Wildman–Crippen MR) is 183 cm³/mol. The number of hydrogen-bond donors (Lipinski definition) is 6. The monoisotopic (exact) mass is 618 g/mol. The Kier molecular flexibility index (Phi) is 13.9. The Balaban J connectivity index is 1.20. The second kappa shape index (κ2) is 16.9. The van der Waals surface area contributed by atoms with E-state index in [9.17, 15) is 9.90 Å². The van der Waals surface area contributed by atoms with E-state index in [1.807, 2.05) is 13.8 Å². The Morgan fingerprint density at radius 3 is 2.20 bits per heavy atom. The van der Waals surface area contributed by atoms with Gasteiger partial charge in [0.25, 0.3) is 0 Å². The number of amides is 1. The maximum absolute atomic E-state index is 12.4. The summed E-state index contributed by atoms with van der Waals surface area (Å²) in [5.41, 5.74) is 6.23. The molecule has 0 aliphatic heterocycles. The lowest BCUT2D eigenvalue weighted by Gasteiger charge is -2.62. The molecule has 0 spiro atoms. The first-order valence-corrected chi connectivity index (χ1v) is 18.9. The molecule has 4 unspecified atom stereocenters. The average Bonchev–Trinajstić information content (AvgIpc) is 3.34. The topological polar surface area (TPSA) is 111 Å². The van der Waals surface area contributed by atoms with E-state index in [-0.39, 0.29) is 18.1 Å². The average molecular weight is 618 g/mol. The molecule has 4 rings (SSSR count). The molecule has 0 radical (unpaired) electrons. The molecule has 256 valence electrons. The lowest BCUT2D eigenvalue weighted by Crippen LogP contribution is -2.59. The normalized spacial score (nSPS) is 37.3. The van der Waals surface area contributed by atoms with Crippen molar-refractivity contribution in [2.45, 2.75) is 143 Å². The first-order valence-electron chi connectivity index (χ1n) is 18.9. The minimum absolute atomic E-state index is 0.146. The number of nitrogens with two attached hydrogens (primary N) is 1. The third kappa shape index (κ3) is 8.79. The molecule has 0 heterocycles. The highest BCUT2D eigenvalue weighted by Gasteiger charge is 2.62. The van der Waals surface area contributed by atoms with Crippen LogP contribution in [-0.4, -0.2) is 68.5 Å². The van der Waals surface area contributed by atoms with Gasteiger partial charge in [0.05, 0.1) is 6.10 Å². The van der Waals surface area contributed by atoms with Crippen LogP contribution in [0.5, 0.6) is 0 Å². The zero-order valence-electron chi connectivity index (χ0n) is 29.3. The van der Waals surface area contributed by atoms with E-state index in [1.54, 1.807) is 0 Å². The van der Waals surface area contributed by atoms with Gasteiger partial charge >= 0.3 is 0 Å². The summed E-state index contributed by atoms with van der Waals surface area (Å²) in [6, 6.07) is 0.822. The van der Waals surface area contributed by atoms with Crippen molar-refractivity contribution in [3.63, 3.8) is 0 Å². The molecule has 4 aliphatic rings. The van der Waals surface area contributed by atoms with Crippen LogP contribution < -0.4 is 27.0 Å². The fraction of sp³-hybridized carbons (Fsp3) is 0.973. The van der Waals surface area contributed by atoms with Gasteiger partial charge in [-0.15, -0.1) is 0 Å². The van der Waals surface area contributed by atoms with Crippen LogP contribution in [0.2, 0.25) is 0 Å². The molecular formula is C37H71N5O2. The number of carbonyl (C=O) groups is 1. The smallest absolute Gasteiger partial charge is 0.220 e. The molecule has 7 N–H and O–H groups in total. The predicted octanol–water partition coefficient (Wildman–Crippen LogP) is 5.21. The standard InChI is InChI=1S/C37H71N5O2/c1-26(2)42-34(44)13-10-27(3)30-11-12-31-35-32(15-17-37(30,31)5)36(4)16-14-29(24-28(36)25-33(35)43)41-23-9-22-40-20-7-6-19-39-21-8-18-38/h26-33,35,39-41,43H,6-25,38H2,1-5H3,(H,42,44)/t27-,28?,29+,30-,31?,32?,33+,35?,36+,37-/m1/s1. The number of carbonyl (C=O) groups excluding carboxylic acids is 1. The summed E-state index contributed by atoms with van der Waals surface area (Å²) in [5, 5.41) is 25.9. The third-order valence-corrected chi connectivity index (χ3v) is 13.2. The summed E-state index contributed by atoms with van der Waals surface area (Å²) >= 11 is 0. The Labute approximate surface area is 270 Å². The van der Waals surface area contributed by atoms with Gasteiger partial charge in [0, 0.05) is 18.5 Å². The van der Waals surface area contributed by atoms with Crippen LogP contribution in [-0.2, 0) is 4.79 Å². The maximum atomic E-state index is 12.4. The Morgan fingerprint density at radius 2 is 1.50 bits per heavy atom. The highest BCUT2D eigenvalue weighted by Crippen LogP contribution is 2.68. The highest BCUT2D eigenvalue weighted by molar-refractivity contribution is 5.76. The fourth-order valence-corrected chi connectivity index (χ4v) is 10.8. The number of unbranched alkanes of at least 4 members (excludes halogenated alkanes) is 1. The molecule has 4 fully saturated rings. The van der Waals surface area contributed by atoms with Gasteiger partial charge in [-0.1, -0.05) is 20.8 Å². The minimum atomic E-state index is -0.146. The van der Waals surface area contributed by atoms with E-state index in [1.165, 1.54) is 64.2 Å². The van der Waals surface area contributed by atoms with Crippen molar-refractivity contribution < 1.29 is 9.90 Å². The van der Waals surface area contributed by atoms with Crippen LogP contribution in [0.15, 0.2) is 0 Å². The van der Waals surface area contributed by atoms with Gasteiger partial charge in [-0.05, 0) is 183 Å². The van der Waals surface area contributed by atoms with Crippen LogP contribution in [0.3, 0.4) is 0 Å². The summed E-state index contributed by atoms with van der Waals surface area (Å²) in [4.78, 5) is 12.4. The second-order valence-electron chi connectivity index (χ2n) is 16.4. The van der Waals surface area contributed by atoms with Crippen molar-refractivity contribution in [2.75, 3.05) is 39.3 Å². The molecule has 10 atom stereocenters. The van der Waals surface area contributed by atoms with Crippen molar-refractivity contribution in [2.24, 2.45) is 52.1 Å². The molecule has 0 aromatic heterocycles. The third-order valence-electron chi connectivity index (χ3n) is 13.2. The number of fused-ring (bicyclic) bond motifs is 5. The van der Waals surface area contributed by atoms with Gasteiger partial charge < -0.3 is 32.1 Å². The van der Waals surface area contributed by atoms with Crippen LogP contribution in [0.4, 0.5) is 0 Å². The SMILES string of the molecule is CC(C)NC(=O)CC[C@@H](C)[C@H]1CCC2C3C(CC[C@@]21C)[C@@]1(C)CC[C@H](NCCCNCCCCNCCCN)CC1C[C@@H]3O. The molecule has 0 bridgehead atoms. The number of aliphatic hydroxyl groups is 1. The van der Waals surface area contributed by atoms with Crippen LogP contribution in [0.25, 0.3) is 0 Å². The van der Waals surface area contributed by atoms with E-state index in [0.717, 1.165) is 58.5 Å². The van der Waals surface area contributed by atoms with Crippen molar-refractivity contribution in [1.82, 2.24) is 21.3 Å². The molecule has 7 nitrogen and oxygen atoms in total. The van der Waals surface area contributed by atoms with E-state index in [2.05, 4.69) is 42.0 Å². The molecule has 4 saturated carbocycles. The zero-order chi connectivity index (χ0) is 31.7. The first kappa shape index (κ1) is 36.1. The van der Waals surface area contributed by atoms with Crippen LogP contribution in [0.1, 0.15) is 125 Å². The largest absolute Gasteiger partial charge is 0.393 e. The second-order valence-corrected chi connectivity index (χ2v) is 16.4. The highest BCUT2D eigenvalue weighted by atomic mass is 16.3. The van der Waals surface area contributed by atoms with Crippen molar-refractivity contribution in [1.29, 1.82) is 0 Å². The van der Waals surface area contributed by atoms with Crippen LogP contribution in [0, 0.1) is 46.3 Å². The number of nitrogens with one attached hydrogen (secondary N) is 4. The lowest BCUT2D eigenvalue weighted by molar-refractivity contribution is -0.167. The van der Waals surface area contributed by atoms with Crippen molar-refractivity contribution >= 4 is 5.91 Å². The first-order chi connectivity index (χ1) is 21.1. The Bertz CT molecular complexity index is 871. The quantitative estimate of drug-likeness (QED) is 0.118. The van der Waals surface area contributed by atoms with Crippen LogP contribution >= 0.6 is 0 Å². The molecule has 0 aromatic rings. The van der Waals surface area contributed by atoms with Gasteiger partial charge in [0.2, 0.25) is 5.91 Å². The minimum Gasteiger partial charge on any atom is -0.393 e. The van der Waals surface area contributed by atoms with Gasteiger partial charge in [-0.25, -0.2) is 0 Å². The van der Waals surface area contributed by atoms with Gasteiger partial charge in [-0.2, -0.15) is 0 Å². The van der Waals surface area contributed by atoms with Gasteiger partial charge in [0.15, 0.2) is 0 Å². The van der Waals surface area contributed by atoms with E-state index < -0.39 is 0 Å². The van der Waals surface area contributed by atoms with Gasteiger partial charge in [-0.3, -0.25) is 4.79 Å². The zero-order valence-corrected chi connectivity index (χ0v) is 29.3. The molecule has 44 heavy (non-hydrogen) atoms. The van der Waals surface area contributed by atoms with E-state index in [0.29, 0.717) is 58.8 Å². The van der Waals surface area contributed by atoms with E-state index in [4.69, 9.17) is 5.73 Å². The molecule has 0 saturated heterocycles. The number of rotatable bonds is 18.